The van der Waals surface area contributed by atoms with E-state index in [2.05, 4.69) is 24.4 Å². The molecule has 0 spiro atoms. The molecule has 0 unspecified atom stereocenters. The number of esters is 2. The van der Waals surface area contributed by atoms with Crippen molar-refractivity contribution in [3.05, 3.63) is 0 Å². The molecular weight excluding hydrogens is 248 g/mol. The molecule has 0 bridgehead atoms. The van der Waals surface area contributed by atoms with Gasteiger partial charge in [0.1, 0.15) is 0 Å². The van der Waals surface area contributed by atoms with Crippen LogP contribution in [0.3, 0.4) is 0 Å². The molecule has 0 aliphatic heterocycles. The average molecular weight is 262 g/mol. The van der Waals surface area contributed by atoms with Crippen LogP contribution in [0.15, 0.2) is 0 Å². The van der Waals surface area contributed by atoms with Crippen molar-refractivity contribution in [1.29, 1.82) is 0 Å². The van der Waals surface area contributed by atoms with Crippen molar-refractivity contribution in [1.82, 2.24) is 0 Å². The lowest BCUT2D eigenvalue weighted by Gasteiger charge is -2.04. The summed E-state index contributed by atoms with van der Waals surface area (Å²) < 4.78 is 9.67. The van der Waals surface area contributed by atoms with E-state index in [1.807, 2.05) is 0 Å². The molecule has 0 rings (SSSR count). The van der Waals surface area contributed by atoms with Crippen LogP contribution in [0.25, 0.3) is 0 Å². The van der Waals surface area contributed by atoms with E-state index in [1.165, 1.54) is 10.7 Å². The second-order valence-electron chi connectivity index (χ2n) is 2.89. The van der Waals surface area contributed by atoms with Crippen LogP contribution in [-0.2, 0) is 19.1 Å². The highest BCUT2D eigenvalue weighted by Crippen LogP contribution is 1.94. The van der Waals surface area contributed by atoms with Crippen molar-refractivity contribution >= 4 is 47.1 Å². The number of unbranched alkanes of at least 4 members (excludes halogenated alkanes) is 1. The Morgan fingerprint density at radius 3 is 1.56 bits per heavy atom. The number of ether oxygens (including phenoxy) is 2. The van der Waals surface area contributed by atoms with E-state index in [1.54, 1.807) is 0 Å². The zero-order chi connectivity index (χ0) is 12.2. The fraction of sp³-hybridized carbons (Fsp3) is 0.600. The lowest BCUT2D eigenvalue weighted by molar-refractivity contribution is -0.144. The smallest absolute Gasteiger partial charge is 0.310 e. The van der Waals surface area contributed by atoms with Crippen molar-refractivity contribution in [2.24, 2.45) is 0 Å². The third-order valence-electron chi connectivity index (χ3n) is 1.56. The third-order valence-corrected chi connectivity index (χ3v) is 1.90. The molecule has 0 N–H and O–H groups in total. The highest BCUT2D eigenvalue weighted by molar-refractivity contribution is 7.79. The second kappa shape index (κ2) is 10.6. The number of hydrogen-bond acceptors (Lipinski definition) is 6. The molecular formula is C10H14O4S2. The van der Waals surface area contributed by atoms with E-state index in [-0.39, 0.29) is 24.8 Å². The van der Waals surface area contributed by atoms with Crippen LogP contribution < -0.4 is 0 Å². The number of hydrogen-bond donors (Lipinski definition) is 0. The van der Waals surface area contributed by atoms with Crippen LogP contribution in [0.1, 0.15) is 25.7 Å². The molecule has 0 saturated heterocycles. The molecule has 16 heavy (non-hydrogen) atoms. The molecule has 0 atom stereocenters. The first kappa shape index (κ1) is 15.1. The van der Waals surface area contributed by atoms with Crippen molar-refractivity contribution in [3.8, 4) is 0 Å². The zero-order valence-corrected chi connectivity index (χ0v) is 10.5. The summed E-state index contributed by atoms with van der Waals surface area (Å²) in [6, 6.07) is 0. The molecule has 90 valence electrons. The highest BCUT2D eigenvalue weighted by atomic mass is 32.1. The van der Waals surface area contributed by atoms with Gasteiger partial charge < -0.3 is 9.47 Å². The molecule has 6 heteroatoms. The maximum Gasteiger partial charge on any atom is 0.310 e. The van der Waals surface area contributed by atoms with Gasteiger partial charge in [-0.05, 0) is 23.6 Å². The summed E-state index contributed by atoms with van der Waals surface area (Å²) in [5.74, 6) is -0.652. The Bertz CT molecular complexity index is 227. The molecule has 0 amide bonds. The Balaban J connectivity index is 3.27. The first-order valence-corrected chi connectivity index (χ1v) is 5.83. The number of carbonyl (C=O) groups is 2. The van der Waals surface area contributed by atoms with E-state index in [0.29, 0.717) is 26.1 Å². The van der Waals surface area contributed by atoms with E-state index in [9.17, 15) is 9.59 Å². The summed E-state index contributed by atoms with van der Waals surface area (Å²) in [4.78, 5) is 21.7. The molecule has 0 radical (unpaired) electrons. The van der Waals surface area contributed by atoms with E-state index in [0.717, 1.165) is 0 Å². The Morgan fingerprint density at radius 2 is 1.25 bits per heavy atom. The largest absolute Gasteiger partial charge is 0.465 e. The molecule has 0 fully saturated rings. The number of carbonyl (C=O) groups excluding carboxylic acids is 2. The van der Waals surface area contributed by atoms with Gasteiger partial charge in [-0.3, -0.25) is 9.59 Å². The number of thiocarbonyl (C=S) groups is 2. The van der Waals surface area contributed by atoms with Gasteiger partial charge in [0.05, 0.1) is 26.1 Å². The minimum absolute atomic E-state index is 0.152. The van der Waals surface area contributed by atoms with Gasteiger partial charge in [-0.1, -0.05) is 24.4 Å². The zero-order valence-electron chi connectivity index (χ0n) is 8.85. The monoisotopic (exact) mass is 262 g/mol. The van der Waals surface area contributed by atoms with Gasteiger partial charge in [0.15, 0.2) is 0 Å². The summed E-state index contributed by atoms with van der Waals surface area (Å²) in [7, 11) is 0. The Hall–Kier alpha value is -0.880. The predicted molar refractivity (Wildman–Crippen MR) is 67.7 cm³/mol. The molecule has 0 heterocycles. The minimum Gasteiger partial charge on any atom is -0.465 e. The van der Waals surface area contributed by atoms with E-state index in [4.69, 9.17) is 9.47 Å². The minimum atomic E-state index is -0.326. The van der Waals surface area contributed by atoms with Gasteiger partial charge in [-0.25, -0.2) is 0 Å². The van der Waals surface area contributed by atoms with Crippen LogP contribution >= 0.6 is 24.4 Å². The molecule has 4 nitrogen and oxygen atoms in total. The predicted octanol–water partition coefficient (Wildman–Crippen LogP) is 1.63. The lowest BCUT2D eigenvalue weighted by Crippen LogP contribution is -2.08. The molecule has 0 aliphatic rings. The van der Waals surface area contributed by atoms with Gasteiger partial charge >= 0.3 is 11.9 Å². The topological polar surface area (TPSA) is 52.6 Å². The van der Waals surface area contributed by atoms with Crippen molar-refractivity contribution in [3.63, 3.8) is 0 Å². The fourth-order valence-corrected chi connectivity index (χ4v) is 1.10. The number of rotatable bonds is 9. The van der Waals surface area contributed by atoms with Crippen molar-refractivity contribution < 1.29 is 19.1 Å². The summed E-state index contributed by atoms with van der Waals surface area (Å²) in [5.41, 5.74) is 0. The van der Waals surface area contributed by atoms with Gasteiger partial charge in [0.2, 0.25) is 0 Å². The van der Waals surface area contributed by atoms with Crippen LogP contribution in [-0.4, -0.2) is 35.9 Å². The second-order valence-corrected chi connectivity index (χ2v) is 3.56. The van der Waals surface area contributed by atoms with Crippen molar-refractivity contribution in [2.75, 3.05) is 13.2 Å². The quantitative estimate of drug-likeness (QED) is 0.358. The standard InChI is InChI=1S/C10H14O4S2/c11-9(3-7-15)13-5-1-2-6-14-10(12)4-8-16/h7-8H,1-6H2. The van der Waals surface area contributed by atoms with Crippen LogP contribution in [0.2, 0.25) is 0 Å². The van der Waals surface area contributed by atoms with E-state index < -0.39 is 0 Å². The molecule has 0 aromatic carbocycles. The summed E-state index contributed by atoms with van der Waals surface area (Å²) >= 11 is 9.01. The van der Waals surface area contributed by atoms with Gasteiger partial charge in [-0.15, -0.1) is 0 Å². The molecule has 0 aliphatic carbocycles. The van der Waals surface area contributed by atoms with Crippen LogP contribution in [0, 0.1) is 0 Å². The maximum atomic E-state index is 10.8. The van der Waals surface area contributed by atoms with Crippen molar-refractivity contribution in [2.45, 2.75) is 25.7 Å². The van der Waals surface area contributed by atoms with Gasteiger partial charge in [0, 0.05) is 0 Å². The Kier molecular flexibility index (Phi) is 10.0. The maximum absolute atomic E-state index is 10.8. The molecule has 0 aromatic heterocycles. The third kappa shape index (κ3) is 9.67. The molecule has 0 saturated carbocycles. The van der Waals surface area contributed by atoms with Gasteiger partial charge in [0.25, 0.3) is 0 Å². The van der Waals surface area contributed by atoms with Crippen LogP contribution in [0.5, 0.6) is 0 Å². The summed E-state index contributed by atoms with van der Waals surface area (Å²) in [5, 5.41) is 2.66. The first-order chi connectivity index (χ1) is 7.70. The summed E-state index contributed by atoms with van der Waals surface area (Å²) in [6.07, 6.45) is 1.63. The summed E-state index contributed by atoms with van der Waals surface area (Å²) in [6.45, 7) is 0.652. The van der Waals surface area contributed by atoms with E-state index >= 15 is 0 Å². The SMILES string of the molecule is O=C(CC=S)OCCCCOC(=O)CC=S. The molecule has 0 aromatic rings. The highest BCUT2D eigenvalue weighted by Gasteiger charge is 2.01. The Morgan fingerprint density at radius 1 is 0.875 bits per heavy atom. The van der Waals surface area contributed by atoms with Crippen LogP contribution in [0.4, 0.5) is 0 Å². The average Bonchev–Trinajstić information content (AvgIpc) is 2.24. The van der Waals surface area contributed by atoms with Gasteiger partial charge in [-0.2, -0.15) is 0 Å². The fourth-order valence-electron chi connectivity index (χ4n) is 0.830. The first-order valence-electron chi connectivity index (χ1n) is 4.89. The normalized spacial score (nSPS) is 9.25. The Labute approximate surface area is 105 Å². The lowest BCUT2D eigenvalue weighted by atomic mass is 10.3.